The van der Waals surface area contributed by atoms with Gasteiger partial charge >= 0.3 is 18.9 Å². The van der Waals surface area contributed by atoms with E-state index in [2.05, 4.69) is 14.5 Å². The van der Waals surface area contributed by atoms with Gasteiger partial charge in [-0.25, -0.2) is 4.79 Å². The lowest BCUT2D eigenvalue weighted by Gasteiger charge is -2.22. The summed E-state index contributed by atoms with van der Waals surface area (Å²) in [4.78, 5) is 17.2. The third kappa shape index (κ3) is 5.94. The number of pyridine rings is 1. The van der Waals surface area contributed by atoms with Crippen LogP contribution in [0.25, 0.3) is 0 Å². The molecule has 1 aromatic carbocycles. The first-order valence-corrected chi connectivity index (χ1v) is 9.01. The average molecular weight is 448 g/mol. The second-order valence-electron chi connectivity index (χ2n) is 6.50. The van der Waals surface area contributed by atoms with E-state index < -0.39 is 37.4 Å². The maximum absolute atomic E-state index is 12.6. The molecular formula is C19H17F5N2O5. The molecule has 0 unspecified atom stereocenters. The number of benzene rings is 1. The lowest BCUT2D eigenvalue weighted by molar-refractivity contribution is -0.275. The van der Waals surface area contributed by atoms with Gasteiger partial charge in [0, 0.05) is 19.2 Å². The zero-order valence-electron chi connectivity index (χ0n) is 15.8. The summed E-state index contributed by atoms with van der Waals surface area (Å²) in [6.45, 7) is -3.30. The number of carboxylic acid groups (broad SMARTS) is 1. The van der Waals surface area contributed by atoms with Gasteiger partial charge in [0.05, 0.1) is 24.5 Å². The molecule has 1 atom stereocenters. The van der Waals surface area contributed by atoms with Gasteiger partial charge in [0.2, 0.25) is 0 Å². The molecule has 0 saturated carbocycles. The summed E-state index contributed by atoms with van der Waals surface area (Å²) >= 11 is 0. The third-order valence-corrected chi connectivity index (χ3v) is 4.42. The Bertz CT molecular complexity index is 925. The Kier molecular flexibility index (Phi) is 6.78. The maximum Gasteiger partial charge on any atom is 0.573 e. The highest BCUT2D eigenvalue weighted by molar-refractivity contribution is 5.95. The minimum absolute atomic E-state index is 0.106. The van der Waals surface area contributed by atoms with Crippen LogP contribution in [0.15, 0.2) is 36.5 Å². The van der Waals surface area contributed by atoms with E-state index in [1.54, 1.807) is 4.90 Å². The van der Waals surface area contributed by atoms with Gasteiger partial charge in [-0.1, -0.05) is 12.1 Å². The molecule has 0 bridgehead atoms. The number of carbonyl (C=O) groups is 1. The summed E-state index contributed by atoms with van der Waals surface area (Å²) in [5.74, 6) is -1.97. The van der Waals surface area contributed by atoms with Gasteiger partial charge in [-0.15, -0.1) is 13.2 Å². The second-order valence-corrected chi connectivity index (χ2v) is 6.50. The normalized spacial score (nSPS) is 16.6. The van der Waals surface area contributed by atoms with Gasteiger partial charge in [0.15, 0.2) is 11.5 Å². The molecule has 7 nitrogen and oxygen atoms in total. The van der Waals surface area contributed by atoms with Gasteiger partial charge in [-0.05, 0) is 18.2 Å². The van der Waals surface area contributed by atoms with Crippen molar-refractivity contribution in [1.82, 2.24) is 4.98 Å². The summed E-state index contributed by atoms with van der Waals surface area (Å²) < 4.78 is 76.2. The van der Waals surface area contributed by atoms with Crippen molar-refractivity contribution in [2.45, 2.75) is 32.1 Å². The fourth-order valence-corrected chi connectivity index (χ4v) is 3.22. The van der Waals surface area contributed by atoms with E-state index >= 15 is 0 Å². The standard InChI is InChI=1S/C19H17F5N2O5/c20-18(21)29-10-12-16(17(27)28)13(5-7-25-12)26-8-6-11(9-26)30-14-3-1-2-4-15(14)31-19(22,23)24/h1-5,7,11,18H,6,8-10H2,(H,27,28)/t11-/m0/s1. The molecule has 12 heteroatoms. The Labute approximate surface area is 173 Å². The van der Waals surface area contributed by atoms with Gasteiger partial charge in [0.1, 0.15) is 11.7 Å². The monoisotopic (exact) mass is 448 g/mol. The van der Waals surface area contributed by atoms with E-state index in [1.165, 1.54) is 30.5 Å². The lowest BCUT2D eigenvalue weighted by Crippen LogP contribution is -2.27. The van der Waals surface area contributed by atoms with E-state index in [4.69, 9.17) is 4.74 Å². The Balaban J connectivity index is 1.76. The molecule has 0 amide bonds. The maximum atomic E-state index is 12.6. The molecular weight excluding hydrogens is 431 g/mol. The topological polar surface area (TPSA) is 81.1 Å². The summed E-state index contributed by atoms with van der Waals surface area (Å²) in [7, 11) is 0. The molecule has 1 saturated heterocycles. The number of alkyl halides is 5. The number of nitrogens with zero attached hydrogens (tertiary/aromatic N) is 2. The van der Waals surface area contributed by atoms with Crippen molar-refractivity contribution in [3.63, 3.8) is 0 Å². The fourth-order valence-electron chi connectivity index (χ4n) is 3.22. The van der Waals surface area contributed by atoms with Crippen LogP contribution in [0.4, 0.5) is 27.6 Å². The van der Waals surface area contributed by atoms with Gasteiger partial charge < -0.3 is 24.2 Å². The molecule has 1 aliphatic rings. The van der Waals surface area contributed by atoms with E-state index in [-0.39, 0.29) is 29.2 Å². The number of hydrogen-bond acceptors (Lipinski definition) is 6. The summed E-state index contributed by atoms with van der Waals surface area (Å²) in [5.41, 5.74) is -0.232. The molecule has 3 rings (SSSR count). The molecule has 1 aromatic heterocycles. The Hall–Kier alpha value is -3.15. The molecule has 31 heavy (non-hydrogen) atoms. The van der Waals surface area contributed by atoms with Crippen molar-refractivity contribution in [3.05, 3.63) is 47.8 Å². The van der Waals surface area contributed by atoms with Crippen molar-refractivity contribution in [1.29, 1.82) is 0 Å². The third-order valence-electron chi connectivity index (χ3n) is 4.42. The van der Waals surface area contributed by atoms with Crippen LogP contribution < -0.4 is 14.4 Å². The molecule has 1 N–H and O–H groups in total. The van der Waals surface area contributed by atoms with Gasteiger partial charge in [-0.2, -0.15) is 8.78 Å². The molecule has 2 heterocycles. The number of aromatic carboxylic acids is 1. The number of carboxylic acids is 1. The molecule has 0 aliphatic carbocycles. The van der Waals surface area contributed by atoms with Crippen LogP contribution in [0.1, 0.15) is 22.5 Å². The van der Waals surface area contributed by atoms with E-state index in [0.717, 1.165) is 6.07 Å². The Morgan fingerprint density at radius 3 is 2.58 bits per heavy atom. The van der Waals surface area contributed by atoms with Crippen LogP contribution in [0, 0.1) is 0 Å². The van der Waals surface area contributed by atoms with E-state index in [9.17, 15) is 31.9 Å². The lowest BCUT2D eigenvalue weighted by atomic mass is 10.1. The van der Waals surface area contributed by atoms with Crippen molar-refractivity contribution >= 4 is 11.7 Å². The first-order valence-electron chi connectivity index (χ1n) is 9.01. The number of halogens is 5. The van der Waals surface area contributed by atoms with Crippen LogP contribution in [0.2, 0.25) is 0 Å². The summed E-state index contributed by atoms with van der Waals surface area (Å²) in [5, 5.41) is 9.55. The first kappa shape index (κ1) is 22.5. The minimum atomic E-state index is -4.88. The first-order chi connectivity index (χ1) is 14.6. The minimum Gasteiger partial charge on any atom is -0.485 e. The highest BCUT2D eigenvalue weighted by atomic mass is 19.4. The van der Waals surface area contributed by atoms with Crippen molar-refractivity contribution in [3.8, 4) is 11.5 Å². The van der Waals surface area contributed by atoms with Crippen LogP contribution in [-0.4, -0.2) is 48.2 Å². The number of para-hydroxylation sites is 2. The second kappa shape index (κ2) is 9.33. The predicted octanol–water partition coefficient (Wildman–Crippen LogP) is 4.08. The molecule has 1 aliphatic heterocycles. The predicted molar refractivity (Wildman–Crippen MR) is 96.4 cm³/mol. The van der Waals surface area contributed by atoms with Crippen molar-refractivity contribution in [2.75, 3.05) is 18.0 Å². The van der Waals surface area contributed by atoms with E-state index in [1.807, 2.05) is 0 Å². The van der Waals surface area contributed by atoms with Crippen LogP contribution in [0.3, 0.4) is 0 Å². The highest BCUT2D eigenvalue weighted by Crippen LogP contribution is 2.34. The molecule has 1 fully saturated rings. The molecule has 0 radical (unpaired) electrons. The van der Waals surface area contributed by atoms with Gasteiger partial charge in [-0.3, -0.25) is 4.98 Å². The zero-order chi connectivity index (χ0) is 22.6. The smallest absolute Gasteiger partial charge is 0.485 e. The highest BCUT2D eigenvalue weighted by Gasteiger charge is 2.34. The van der Waals surface area contributed by atoms with E-state index in [0.29, 0.717) is 13.0 Å². The Morgan fingerprint density at radius 1 is 1.23 bits per heavy atom. The number of hydrogen-bond donors (Lipinski definition) is 1. The molecule has 168 valence electrons. The van der Waals surface area contributed by atoms with Crippen LogP contribution >= 0.6 is 0 Å². The molecule has 2 aromatic rings. The van der Waals surface area contributed by atoms with Crippen molar-refractivity contribution in [2.24, 2.45) is 0 Å². The number of anilines is 1. The quantitative estimate of drug-likeness (QED) is 0.610. The SMILES string of the molecule is O=C(O)c1c(N2CC[C@H](Oc3ccccc3OC(F)(F)F)C2)ccnc1COC(F)F. The fraction of sp³-hybridized carbons (Fsp3) is 0.368. The number of aromatic nitrogens is 1. The van der Waals surface area contributed by atoms with Gasteiger partial charge in [0.25, 0.3) is 0 Å². The number of rotatable bonds is 8. The summed E-state index contributed by atoms with van der Waals surface area (Å²) in [6.07, 6.45) is -3.80. The molecule has 0 spiro atoms. The summed E-state index contributed by atoms with van der Waals surface area (Å²) in [6, 6.07) is 6.73. The Morgan fingerprint density at radius 2 is 1.94 bits per heavy atom. The van der Waals surface area contributed by atoms with Crippen LogP contribution in [-0.2, 0) is 11.3 Å². The number of ether oxygens (including phenoxy) is 3. The largest absolute Gasteiger partial charge is 0.573 e. The van der Waals surface area contributed by atoms with Crippen molar-refractivity contribution < 1.29 is 46.1 Å². The average Bonchev–Trinajstić information content (AvgIpc) is 3.14. The van der Waals surface area contributed by atoms with Crippen LogP contribution in [0.5, 0.6) is 11.5 Å². The zero-order valence-corrected chi connectivity index (χ0v) is 15.8.